The van der Waals surface area contributed by atoms with Gasteiger partial charge in [0.15, 0.2) is 0 Å². The van der Waals surface area contributed by atoms with Crippen LogP contribution in [0, 0.1) is 6.92 Å². The highest BCUT2D eigenvalue weighted by atomic mass is 16.4. The summed E-state index contributed by atoms with van der Waals surface area (Å²) in [5, 5.41) is 20.7. The number of carboxylic acids is 1. The molecule has 1 atom stereocenters. The number of aromatic hydroxyl groups is 1. The summed E-state index contributed by atoms with van der Waals surface area (Å²) in [6.45, 7) is 1.60. The second kappa shape index (κ2) is 5.85. The molecule has 0 aromatic heterocycles. The molecule has 0 bridgehead atoms. The summed E-state index contributed by atoms with van der Waals surface area (Å²) >= 11 is 0. The third kappa shape index (κ3) is 3.70. The van der Waals surface area contributed by atoms with Crippen molar-refractivity contribution in [3.63, 3.8) is 0 Å². The van der Waals surface area contributed by atoms with Crippen LogP contribution in [0.2, 0.25) is 0 Å². The van der Waals surface area contributed by atoms with Crippen LogP contribution < -0.4 is 11.1 Å². The van der Waals surface area contributed by atoms with E-state index in [9.17, 15) is 19.5 Å². The topological polar surface area (TPSA) is 130 Å². The fourth-order valence-electron chi connectivity index (χ4n) is 1.48. The number of hydrogen-bond acceptors (Lipinski definition) is 4. The van der Waals surface area contributed by atoms with E-state index in [-0.39, 0.29) is 11.3 Å². The molecule has 7 nitrogen and oxygen atoms in total. The molecule has 7 heteroatoms. The first-order valence-electron chi connectivity index (χ1n) is 5.43. The van der Waals surface area contributed by atoms with Crippen LogP contribution in [-0.2, 0) is 9.59 Å². The molecule has 1 unspecified atom stereocenters. The second-order valence-corrected chi connectivity index (χ2v) is 4.01. The molecule has 0 saturated carbocycles. The SMILES string of the molecule is Cc1cccc(C(=O)NC(CC(N)=O)C(=O)O)c1O. The van der Waals surface area contributed by atoms with Crippen molar-refractivity contribution in [2.24, 2.45) is 5.73 Å². The number of carbonyl (C=O) groups excluding carboxylic acids is 2. The van der Waals surface area contributed by atoms with Crippen LogP contribution in [0.5, 0.6) is 5.75 Å². The van der Waals surface area contributed by atoms with Gasteiger partial charge in [-0.05, 0) is 18.6 Å². The Morgan fingerprint density at radius 1 is 1.37 bits per heavy atom. The van der Waals surface area contributed by atoms with E-state index in [0.717, 1.165) is 0 Å². The van der Waals surface area contributed by atoms with Gasteiger partial charge in [-0.1, -0.05) is 12.1 Å². The minimum absolute atomic E-state index is 0.0595. The van der Waals surface area contributed by atoms with Crippen molar-refractivity contribution in [1.29, 1.82) is 0 Å². The molecule has 0 radical (unpaired) electrons. The van der Waals surface area contributed by atoms with Gasteiger partial charge in [0.1, 0.15) is 11.8 Å². The summed E-state index contributed by atoms with van der Waals surface area (Å²) in [4.78, 5) is 33.4. The van der Waals surface area contributed by atoms with E-state index >= 15 is 0 Å². The van der Waals surface area contributed by atoms with Crippen LogP contribution in [-0.4, -0.2) is 34.0 Å². The lowest BCUT2D eigenvalue weighted by Crippen LogP contribution is -2.43. The van der Waals surface area contributed by atoms with Gasteiger partial charge in [-0.3, -0.25) is 9.59 Å². The molecule has 0 spiro atoms. The van der Waals surface area contributed by atoms with Crippen molar-refractivity contribution in [2.75, 3.05) is 0 Å². The second-order valence-electron chi connectivity index (χ2n) is 4.01. The Hall–Kier alpha value is -2.57. The van der Waals surface area contributed by atoms with E-state index < -0.39 is 30.2 Å². The zero-order valence-electron chi connectivity index (χ0n) is 10.2. The molecule has 19 heavy (non-hydrogen) atoms. The lowest BCUT2D eigenvalue weighted by atomic mass is 10.1. The number of para-hydroxylation sites is 1. The van der Waals surface area contributed by atoms with Crippen LogP contribution >= 0.6 is 0 Å². The number of carboxylic acid groups (broad SMARTS) is 1. The Morgan fingerprint density at radius 3 is 2.53 bits per heavy atom. The van der Waals surface area contributed by atoms with E-state index in [1.807, 2.05) is 0 Å². The predicted octanol–water partition coefficient (Wildman–Crippen LogP) is -0.241. The number of benzene rings is 1. The lowest BCUT2D eigenvalue weighted by molar-refractivity contribution is -0.140. The maximum absolute atomic E-state index is 11.8. The van der Waals surface area contributed by atoms with Gasteiger partial charge in [0.2, 0.25) is 5.91 Å². The summed E-state index contributed by atoms with van der Waals surface area (Å²) in [6, 6.07) is 3.07. The summed E-state index contributed by atoms with van der Waals surface area (Å²) in [6.07, 6.45) is -0.520. The van der Waals surface area contributed by atoms with E-state index in [0.29, 0.717) is 5.56 Å². The van der Waals surface area contributed by atoms with Gasteiger partial charge >= 0.3 is 5.97 Å². The van der Waals surface area contributed by atoms with E-state index in [1.165, 1.54) is 6.07 Å². The summed E-state index contributed by atoms with van der Waals surface area (Å²) in [5.41, 5.74) is 5.32. The summed E-state index contributed by atoms with van der Waals surface area (Å²) in [7, 11) is 0. The maximum Gasteiger partial charge on any atom is 0.326 e. The molecule has 0 heterocycles. The predicted molar refractivity (Wildman–Crippen MR) is 65.5 cm³/mol. The van der Waals surface area contributed by atoms with Crippen LogP contribution in [0.1, 0.15) is 22.3 Å². The number of aryl methyl sites for hydroxylation is 1. The monoisotopic (exact) mass is 266 g/mol. The minimum atomic E-state index is -1.43. The van der Waals surface area contributed by atoms with Gasteiger partial charge in [-0.2, -0.15) is 0 Å². The van der Waals surface area contributed by atoms with Crippen LogP contribution in [0.15, 0.2) is 18.2 Å². The van der Waals surface area contributed by atoms with Crippen molar-refractivity contribution in [3.8, 4) is 5.75 Å². The molecule has 1 aromatic carbocycles. The Kier molecular flexibility index (Phi) is 4.46. The molecule has 0 fully saturated rings. The Labute approximate surface area is 109 Å². The molecule has 0 saturated heterocycles. The highest BCUT2D eigenvalue weighted by Crippen LogP contribution is 2.21. The number of nitrogens with one attached hydrogen (secondary N) is 1. The zero-order valence-corrected chi connectivity index (χ0v) is 10.2. The molecule has 0 aliphatic heterocycles. The summed E-state index contributed by atoms with van der Waals surface area (Å²) < 4.78 is 0. The molecular weight excluding hydrogens is 252 g/mol. The van der Waals surface area contributed by atoms with Crippen molar-refractivity contribution in [3.05, 3.63) is 29.3 Å². The molecule has 2 amide bonds. The van der Waals surface area contributed by atoms with Gasteiger partial charge in [0.05, 0.1) is 12.0 Å². The normalized spacial score (nSPS) is 11.6. The van der Waals surface area contributed by atoms with Gasteiger partial charge in [0.25, 0.3) is 5.91 Å². The van der Waals surface area contributed by atoms with E-state index in [1.54, 1.807) is 19.1 Å². The number of nitrogens with two attached hydrogens (primary N) is 1. The summed E-state index contributed by atoms with van der Waals surface area (Å²) in [5.74, 6) is -3.24. The molecular formula is C12H14N2O5. The number of hydrogen-bond donors (Lipinski definition) is 4. The largest absolute Gasteiger partial charge is 0.507 e. The fourth-order valence-corrected chi connectivity index (χ4v) is 1.48. The van der Waals surface area contributed by atoms with Gasteiger partial charge in [-0.25, -0.2) is 4.79 Å². The van der Waals surface area contributed by atoms with Gasteiger partial charge in [-0.15, -0.1) is 0 Å². The van der Waals surface area contributed by atoms with Crippen LogP contribution in [0.25, 0.3) is 0 Å². The molecule has 0 aliphatic rings. The Morgan fingerprint density at radius 2 is 2.00 bits per heavy atom. The highest BCUT2D eigenvalue weighted by molar-refractivity contribution is 5.99. The maximum atomic E-state index is 11.8. The number of amides is 2. The zero-order chi connectivity index (χ0) is 14.6. The minimum Gasteiger partial charge on any atom is -0.507 e. The number of aliphatic carboxylic acids is 1. The third-order valence-corrected chi connectivity index (χ3v) is 2.49. The number of phenols is 1. The first-order valence-corrected chi connectivity index (χ1v) is 5.43. The first kappa shape index (κ1) is 14.5. The van der Waals surface area contributed by atoms with Crippen LogP contribution in [0.4, 0.5) is 0 Å². The highest BCUT2D eigenvalue weighted by Gasteiger charge is 2.24. The van der Waals surface area contributed by atoms with Crippen molar-refractivity contribution in [2.45, 2.75) is 19.4 Å². The quantitative estimate of drug-likeness (QED) is 0.584. The first-order chi connectivity index (χ1) is 8.82. The van der Waals surface area contributed by atoms with Crippen LogP contribution in [0.3, 0.4) is 0 Å². The van der Waals surface area contributed by atoms with Crippen molar-refractivity contribution in [1.82, 2.24) is 5.32 Å². The molecule has 102 valence electrons. The van der Waals surface area contributed by atoms with E-state index in [2.05, 4.69) is 5.32 Å². The van der Waals surface area contributed by atoms with Gasteiger partial charge < -0.3 is 21.3 Å². The molecule has 5 N–H and O–H groups in total. The molecule has 1 rings (SSSR count). The number of carbonyl (C=O) groups is 3. The molecule has 0 aliphatic carbocycles. The Bertz CT molecular complexity index is 527. The van der Waals surface area contributed by atoms with Crippen molar-refractivity contribution >= 4 is 17.8 Å². The van der Waals surface area contributed by atoms with Gasteiger partial charge in [0, 0.05) is 0 Å². The number of phenolic OH excluding ortho intramolecular Hbond substituents is 1. The van der Waals surface area contributed by atoms with Crippen molar-refractivity contribution < 1.29 is 24.6 Å². The average Bonchev–Trinajstić information content (AvgIpc) is 2.31. The molecule has 1 aromatic rings. The number of primary amides is 1. The average molecular weight is 266 g/mol. The lowest BCUT2D eigenvalue weighted by Gasteiger charge is -2.13. The van der Waals surface area contributed by atoms with E-state index in [4.69, 9.17) is 10.8 Å². The standard InChI is InChI=1S/C12H14N2O5/c1-6-3-2-4-7(10(6)16)11(17)14-8(12(18)19)5-9(13)15/h2-4,8,16H,5H2,1H3,(H2,13,15)(H,14,17)(H,18,19). The number of rotatable bonds is 5. The fraction of sp³-hybridized carbons (Fsp3) is 0.250. The smallest absolute Gasteiger partial charge is 0.326 e. The Balaban J connectivity index is 2.91. The third-order valence-electron chi connectivity index (χ3n) is 2.49.